The number of hydrogen-bond donors (Lipinski definition) is 2. The summed E-state index contributed by atoms with van der Waals surface area (Å²) < 4.78 is 0. The second kappa shape index (κ2) is 10.7. The smallest absolute Gasteiger partial charge is 0.225 e. The maximum absolute atomic E-state index is 12.9. The zero-order valence-corrected chi connectivity index (χ0v) is 20.5. The minimum Gasteiger partial charge on any atom is -0.392 e. The molecule has 1 unspecified atom stereocenters. The highest BCUT2D eigenvalue weighted by molar-refractivity contribution is 5.79. The van der Waals surface area contributed by atoms with Crippen molar-refractivity contribution in [3.05, 3.63) is 35.9 Å². The van der Waals surface area contributed by atoms with Crippen molar-refractivity contribution in [2.24, 2.45) is 29.1 Å². The third-order valence-electron chi connectivity index (χ3n) is 8.41. The van der Waals surface area contributed by atoms with Gasteiger partial charge in [0.15, 0.2) is 0 Å². The van der Waals surface area contributed by atoms with E-state index in [1.54, 1.807) is 11.9 Å². The predicted octanol–water partition coefficient (Wildman–Crippen LogP) is 3.55. The fraction of sp³-hybridized carbons (Fsp3) is 0.667. The van der Waals surface area contributed by atoms with Gasteiger partial charge < -0.3 is 15.3 Å². The van der Waals surface area contributed by atoms with Crippen LogP contribution in [0.1, 0.15) is 58.4 Å². The lowest BCUT2D eigenvalue weighted by Gasteiger charge is -2.56. The highest BCUT2D eigenvalue weighted by Crippen LogP contribution is 2.55. The molecule has 0 aliphatic heterocycles. The van der Waals surface area contributed by atoms with E-state index in [0.717, 1.165) is 31.2 Å². The molecule has 180 valence electrons. The van der Waals surface area contributed by atoms with Crippen LogP contribution in [0.2, 0.25) is 0 Å². The predicted molar refractivity (Wildman–Crippen MR) is 128 cm³/mol. The largest absolute Gasteiger partial charge is 0.392 e. The van der Waals surface area contributed by atoms with Crippen molar-refractivity contribution >= 4 is 11.8 Å². The number of aliphatic hydroxyl groups is 1. The molecule has 33 heavy (non-hydrogen) atoms. The van der Waals surface area contributed by atoms with Gasteiger partial charge >= 0.3 is 0 Å². The van der Waals surface area contributed by atoms with Crippen molar-refractivity contribution < 1.29 is 14.7 Å². The number of rotatable bonds is 7. The Morgan fingerprint density at radius 3 is 2.61 bits per heavy atom. The first-order chi connectivity index (χ1) is 15.7. The summed E-state index contributed by atoms with van der Waals surface area (Å²) in [4.78, 5) is 27.3. The summed E-state index contributed by atoms with van der Waals surface area (Å²) in [6, 6.07) is 11.9. The molecule has 2 N–H and O–H groups in total. The van der Waals surface area contributed by atoms with Gasteiger partial charge in [-0.05, 0) is 54.4 Å². The molecule has 1 aromatic rings. The molecule has 0 aromatic heterocycles. The Labute approximate surface area is 198 Å². The van der Waals surface area contributed by atoms with E-state index in [1.165, 1.54) is 0 Å². The SMILES string of the molecule is C[C@H]1[C@@H]2[C@@H](O)C([C@H](C)C(=O)N(C)CCC#N)CC[C@@]2(C)CC[C@@H]1NC(=O)Cc1ccccc1. The van der Waals surface area contributed by atoms with Crippen LogP contribution in [0.15, 0.2) is 30.3 Å². The Bertz CT molecular complexity index is 867. The summed E-state index contributed by atoms with van der Waals surface area (Å²) >= 11 is 0. The number of nitrogens with one attached hydrogen (secondary N) is 1. The highest BCUT2D eigenvalue weighted by atomic mass is 16.3. The van der Waals surface area contributed by atoms with E-state index in [0.29, 0.717) is 19.4 Å². The van der Waals surface area contributed by atoms with Crippen LogP contribution in [-0.4, -0.2) is 47.6 Å². The maximum atomic E-state index is 12.9. The topological polar surface area (TPSA) is 93.4 Å². The molecule has 0 bridgehead atoms. The Morgan fingerprint density at radius 2 is 1.94 bits per heavy atom. The highest BCUT2D eigenvalue weighted by Gasteiger charge is 2.54. The number of hydrogen-bond acceptors (Lipinski definition) is 4. The standard InChI is InChI=1S/C27H39N3O3/c1-18(26(33)30(4)16-8-15-28)21-11-13-27(3)14-12-22(19(2)24(27)25(21)32)29-23(31)17-20-9-6-5-7-10-20/h5-7,9-10,18-19,21-22,24-25,32H,8,11-14,16-17H2,1-4H3,(H,29,31)/t18-,19+,21?,22-,24+,25-,27-/m0/s1. The Hall–Kier alpha value is -2.39. The van der Waals surface area contributed by atoms with Gasteiger partial charge in [0.05, 0.1) is 25.0 Å². The quantitative estimate of drug-likeness (QED) is 0.660. The van der Waals surface area contributed by atoms with E-state index < -0.39 is 6.10 Å². The molecule has 0 radical (unpaired) electrons. The van der Waals surface area contributed by atoms with Crippen molar-refractivity contribution in [3.63, 3.8) is 0 Å². The third kappa shape index (κ3) is 5.58. The monoisotopic (exact) mass is 453 g/mol. The normalized spacial score (nSPS) is 32.2. The number of nitriles is 1. The molecule has 0 spiro atoms. The van der Waals surface area contributed by atoms with Gasteiger partial charge in [-0.2, -0.15) is 5.26 Å². The maximum Gasteiger partial charge on any atom is 0.225 e. The lowest BCUT2D eigenvalue weighted by molar-refractivity contribution is -0.150. The van der Waals surface area contributed by atoms with Crippen LogP contribution < -0.4 is 5.32 Å². The molecule has 6 nitrogen and oxygen atoms in total. The van der Waals surface area contributed by atoms with Crippen LogP contribution >= 0.6 is 0 Å². The molecule has 3 rings (SSSR count). The van der Waals surface area contributed by atoms with Crippen molar-refractivity contribution in [3.8, 4) is 6.07 Å². The van der Waals surface area contributed by atoms with Gasteiger partial charge in [-0.3, -0.25) is 9.59 Å². The number of fused-ring (bicyclic) bond motifs is 1. The van der Waals surface area contributed by atoms with Crippen LogP contribution in [0.5, 0.6) is 0 Å². The van der Waals surface area contributed by atoms with Gasteiger partial charge in [0, 0.05) is 25.6 Å². The average molecular weight is 454 g/mol. The first-order valence-electron chi connectivity index (χ1n) is 12.3. The Morgan fingerprint density at radius 1 is 1.27 bits per heavy atom. The lowest BCUT2D eigenvalue weighted by atomic mass is 9.51. The van der Waals surface area contributed by atoms with Gasteiger partial charge in [0.1, 0.15) is 0 Å². The Balaban J connectivity index is 1.68. The molecule has 0 heterocycles. The van der Waals surface area contributed by atoms with Gasteiger partial charge in [-0.25, -0.2) is 0 Å². The van der Waals surface area contributed by atoms with Crippen LogP contribution in [-0.2, 0) is 16.0 Å². The summed E-state index contributed by atoms with van der Waals surface area (Å²) in [7, 11) is 1.73. The number of carbonyl (C=O) groups is 2. The van der Waals surface area contributed by atoms with E-state index in [4.69, 9.17) is 5.26 Å². The summed E-state index contributed by atoms with van der Waals surface area (Å²) in [6.07, 6.45) is 3.76. The molecular weight excluding hydrogens is 414 g/mol. The Kier molecular flexibility index (Phi) is 8.18. The van der Waals surface area contributed by atoms with Gasteiger partial charge in [0.25, 0.3) is 0 Å². The summed E-state index contributed by atoms with van der Waals surface area (Å²) in [5.41, 5.74) is 1.01. The second-order valence-corrected chi connectivity index (χ2v) is 10.6. The zero-order valence-electron chi connectivity index (χ0n) is 20.5. The molecule has 2 saturated carbocycles. The van der Waals surface area contributed by atoms with Crippen molar-refractivity contribution in [1.82, 2.24) is 10.2 Å². The van der Waals surface area contributed by atoms with E-state index in [2.05, 4.69) is 25.2 Å². The number of nitrogens with zero attached hydrogens (tertiary/aromatic N) is 2. The molecule has 2 aliphatic carbocycles. The molecule has 7 atom stereocenters. The van der Waals surface area contributed by atoms with Crippen molar-refractivity contribution in [2.75, 3.05) is 13.6 Å². The molecular formula is C27H39N3O3. The summed E-state index contributed by atoms with van der Waals surface area (Å²) in [5, 5.41) is 23.6. The van der Waals surface area contributed by atoms with Gasteiger partial charge in [-0.1, -0.05) is 51.1 Å². The fourth-order valence-corrected chi connectivity index (χ4v) is 6.40. The first-order valence-corrected chi connectivity index (χ1v) is 12.3. The fourth-order valence-electron chi connectivity index (χ4n) is 6.40. The number of aliphatic hydroxyl groups excluding tert-OH is 1. The minimum atomic E-state index is -0.587. The summed E-state index contributed by atoms with van der Waals surface area (Å²) in [5.74, 6) is -0.235. The van der Waals surface area contributed by atoms with Crippen LogP contribution in [0, 0.1) is 40.4 Å². The van der Waals surface area contributed by atoms with E-state index >= 15 is 0 Å². The molecule has 1 aromatic carbocycles. The minimum absolute atomic E-state index is 0.00548. The van der Waals surface area contributed by atoms with Crippen LogP contribution in [0.4, 0.5) is 0 Å². The van der Waals surface area contributed by atoms with Crippen LogP contribution in [0.25, 0.3) is 0 Å². The van der Waals surface area contributed by atoms with Crippen molar-refractivity contribution in [2.45, 2.75) is 71.4 Å². The van der Waals surface area contributed by atoms with E-state index in [1.807, 2.05) is 37.3 Å². The number of carbonyl (C=O) groups excluding carboxylic acids is 2. The lowest BCUT2D eigenvalue weighted by Crippen LogP contribution is -2.58. The third-order valence-corrected chi connectivity index (χ3v) is 8.41. The first kappa shape index (κ1) is 25.2. The molecule has 6 heteroatoms. The zero-order chi connectivity index (χ0) is 24.2. The molecule has 2 aliphatic rings. The van der Waals surface area contributed by atoms with Crippen molar-refractivity contribution in [1.29, 1.82) is 5.26 Å². The van der Waals surface area contributed by atoms with E-state index in [-0.39, 0.29) is 46.9 Å². The van der Waals surface area contributed by atoms with Crippen LogP contribution in [0.3, 0.4) is 0 Å². The number of amides is 2. The summed E-state index contributed by atoms with van der Waals surface area (Å²) in [6.45, 7) is 6.73. The average Bonchev–Trinajstić information content (AvgIpc) is 2.79. The molecule has 2 amide bonds. The second-order valence-electron chi connectivity index (χ2n) is 10.6. The van der Waals surface area contributed by atoms with E-state index in [9.17, 15) is 14.7 Å². The number of benzene rings is 1. The molecule has 2 fully saturated rings. The van der Waals surface area contributed by atoms with Gasteiger partial charge in [0.2, 0.25) is 11.8 Å². The van der Waals surface area contributed by atoms with Gasteiger partial charge in [-0.15, -0.1) is 0 Å². The molecule has 0 saturated heterocycles.